The number of aromatic nitrogens is 5. The summed E-state index contributed by atoms with van der Waals surface area (Å²) in [7, 11) is 0. The number of nitrogens with zero attached hydrogens (tertiary/aromatic N) is 7. The number of non-ortho nitro benzene ring substituents is 1. The number of carbonyl (C=O) groups is 1. The van der Waals surface area contributed by atoms with Crippen LogP contribution in [0, 0.1) is 27.9 Å². The Balaban J connectivity index is 1.45. The number of rotatable bonds is 6. The molecule has 0 unspecified atom stereocenters. The summed E-state index contributed by atoms with van der Waals surface area (Å²) in [6.07, 6.45) is 8.31. The Bertz CT molecular complexity index is 1240. The van der Waals surface area contributed by atoms with Crippen LogP contribution in [-0.4, -0.2) is 42.4 Å². The van der Waals surface area contributed by atoms with Crippen LogP contribution < -0.4 is 11.2 Å². The number of nitrogens with one attached hydrogen (secondary N) is 1. The predicted octanol–water partition coefficient (Wildman–Crippen LogP) is 1.74. The molecule has 0 spiro atoms. The van der Waals surface area contributed by atoms with Crippen LogP contribution in [0.15, 0.2) is 46.1 Å². The monoisotopic (exact) mass is 435 g/mol. The lowest BCUT2D eigenvalue weighted by Crippen LogP contribution is -2.21. The fraction of sp³-hybridized carbons (Fsp3) is 0.263. The van der Waals surface area contributed by atoms with Gasteiger partial charge in [0, 0.05) is 29.8 Å². The van der Waals surface area contributed by atoms with Gasteiger partial charge in [-0.1, -0.05) is 17.4 Å². The first-order valence-electron chi connectivity index (χ1n) is 9.82. The van der Waals surface area contributed by atoms with Gasteiger partial charge in [0.15, 0.2) is 5.69 Å². The molecule has 162 valence electrons. The lowest BCUT2D eigenvalue weighted by molar-refractivity contribution is -0.384. The molecule has 5 rings (SSSR count). The van der Waals surface area contributed by atoms with Crippen LogP contribution >= 0.6 is 0 Å². The maximum atomic E-state index is 12.9. The summed E-state index contributed by atoms with van der Waals surface area (Å²) in [5.74, 6) is 0.697. The minimum absolute atomic E-state index is 0.0298. The van der Waals surface area contributed by atoms with E-state index < -0.39 is 10.8 Å². The Morgan fingerprint density at radius 1 is 1.28 bits per heavy atom. The van der Waals surface area contributed by atoms with Gasteiger partial charge >= 0.3 is 0 Å². The molecular weight excluding hydrogens is 418 g/mol. The van der Waals surface area contributed by atoms with E-state index in [1.165, 1.54) is 28.9 Å². The van der Waals surface area contributed by atoms with Crippen LogP contribution in [0.3, 0.4) is 0 Å². The smallest absolute Gasteiger partial charge is 0.294 e. The summed E-state index contributed by atoms with van der Waals surface area (Å²) >= 11 is 0. The van der Waals surface area contributed by atoms with Crippen molar-refractivity contribution in [2.24, 2.45) is 22.9 Å². The van der Waals surface area contributed by atoms with Crippen molar-refractivity contribution in [3.63, 3.8) is 0 Å². The van der Waals surface area contributed by atoms with E-state index in [4.69, 9.17) is 5.73 Å². The molecule has 32 heavy (non-hydrogen) atoms. The molecule has 2 aliphatic rings. The first kappa shape index (κ1) is 19.5. The molecule has 1 saturated carbocycles. The van der Waals surface area contributed by atoms with Crippen molar-refractivity contribution in [2.75, 3.05) is 5.73 Å². The van der Waals surface area contributed by atoms with Crippen molar-refractivity contribution < 1.29 is 14.3 Å². The predicted molar refractivity (Wildman–Crippen MR) is 111 cm³/mol. The van der Waals surface area contributed by atoms with Crippen molar-refractivity contribution in [3.8, 4) is 17.1 Å². The van der Waals surface area contributed by atoms with Crippen molar-refractivity contribution in [1.29, 1.82) is 0 Å². The second-order valence-corrected chi connectivity index (χ2v) is 7.64. The minimum Gasteiger partial charge on any atom is -0.378 e. The SMILES string of the molecule is Nc1nonc1-n1nnc(C(=O)N/N=C\[C@@H]2C[C@H]3C=C[C@@H]2C3)c1-c1ccc([N+](=O)[O-])cc1. The highest BCUT2D eigenvalue weighted by Crippen LogP contribution is 2.42. The molecule has 1 amide bonds. The first-order chi connectivity index (χ1) is 15.5. The molecule has 3 aromatic rings. The third kappa shape index (κ3) is 3.38. The Labute approximate surface area is 180 Å². The van der Waals surface area contributed by atoms with Gasteiger partial charge in [0.05, 0.1) is 4.92 Å². The fourth-order valence-corrected chi connectivity index (χ4v) is 4.16. The van der Waals surface area contributed by atoms with Gasteiger partial charge in [0.1, 0.15) is 5.69 Å². The van der Waals surface area contributed by atoms with E-state index in [9.17, 15) is 14.9 Å². The molecule has 3 N–H and O–H groups in total. The van der Waals surface area contributed by atoms with Gasteiger partial charge in [0.25, 0.3) is 11.6 Å². The van der Waals surface area contributed by atoms with E-state index >= 15 is 0 Å². The highest BCUT2D eigenvalue weighted by Gasteiger charge is 2.34. The standard InChI is InChI=1S/C19H17N9O4/c20-17-18(25-32-24-17)27-16(11-3-5-14(6-4-11)28(30)31)15(22-26-27)19(29)23-21-9-13-8-10-1-2-12(13)7-10/h1-6,9-10,12-13H,7-8H2,(H2,20,24)(H,23,29)/b21-9-/t10-,12+,13-/m0/s1. The number of allylic oxidation sites excluding steroid dienone is 2. The summed E-state index contributed by atoms with van der Waals surface area (Å²) in [6.45, 7) is 0. The number of hydrogen-bond donors (Lipinski definition) is 2. The first-order valence-corrected chi connectivity index (χ1v) is 9.82. The van der Waals surface area contributed by atoms with E-state index in [0.717, 1.165) is 12.8 Å². The maximum Gasteiger partial charge on any atom is 0.294 e. The zero-order chi connectivity index (χ0) is 22.2. The summed E-state index contributed by atoms with van der Waals surface area (Å²) in [4.78, 5) is 23.3. The van der Waals surface area contributed by atoms with Gasteiger partial charge in [-0.2, -0.15) is 9.78 Å². The zero-order valence-electron chi connectivity index (χ0n) is 16.5. The molecule has 0 radical (unpaired) electrons. The molecule has 2 heterocycles. The van der Waals surface area contributed by atoms with E-state index in [2.05, 4.69) is 47.9 Å². The number of carbonyl (C=O) groups excluding carboxylic acids is 1. The topological polar surface area (TPSA) is 180 Å². The Morgan fingerprint density at radius 2 is 2.09 bits per heavy atom. The molecule has 2 bridgehead atoms. The Kier molecular flexibility index (Phi) is 4.69. The van der Waals surface area contributed by atoms with Gasteiger partial charge in [-0.25, -0.2) is 10.1 Å². The largest absolute Gasteiger partial charge is 0.378 e. The number of nitro groups is 1. The molecule has 2 aromatic heterocycles. The minimum atomic E-state index is -0.602. The number of nitrogens with two attached hydrogens (primary N) is 1. The Morgan fingerprint density at radius 3 is 2.72 bits per heavy atom. The molecular formula is C19H17N9O4. The molecule has 0 aliphatic heterocycles. The average Bonchev–Trinajstić information content (AvgIpc) is 3.57. The van der Waals surface area contributed by atoms with Gasteiger partial charge in [-0.05, 0) is 47.1 Å². The maximum absolute atomic E-state index is 12.9. The molecule has 1 aromatic carbocycles. The van der Waals surface area contributed by atoms with E-state index in [0.29, 0.717) is 17.4 Å². The molecule has 13 nitrogen and oxygen atoms in total. The number of hydrogen-bond acceptors (Lipinski definition) is 10. The molecule has 13 heteroatoms. The second kappa shape index (κ2) is 7.68. The highest BCUT2D eigenvalue weighted by molar-refractivity contribution is 5.98. The van der Waals surface area contributed by atoms with Crippen LogP contribution in [0.5, 0.6) is 0 Å². The summed E-state index contributed by atoms with van der Waals surface area (Å²) in [5, 5.41) is 30.2. The second-order valence-electron chi connectivity index (χ2n) is 7.64. The van der Waals surface area contributed by atoms with Crippen molar-refractivity contribution in [3.05, 3.63) is 52.2 Å². The third-order valence-corrected chi connectivity index (χ3v) is 5.70. The quantitative estimate of drug-likeness (QED) is 0.252. The number of nitro benzene ring substituents is 1. The van der Waals surface area contributed by atoms with Crippen LogP contribution in [0.4, 0.5) is 11.5 Å². The van der Waals surface area contributed by atoms with Gasteiger partial charge < -0.3 is 5.73 Å². The normalized spacial score (nSPS) is 21.4. The summed E-state index contributed by atoms with van der Waals surface area (Å²) in [5.41, 5.74) is 8.73. The number of benzene rings is 1. The molecule has 0 saturated heterocycles. The highest BCUT2D eigenvalue weighted by atomic mass is 16.6. The molecule has 2 aliphatic carbocycles. The number of fused-ring (bicyclic) bond motifs is 2. The van der Waals surface area contributed by atoms with Crippen molar-refractivity contribution in [1.82, 2.24) is 30.7 Å². The third-order valence-electron chi connectivity index (χ3n) is 5.70. The van der Waals surface area contributed by atoms with Crippen molar-refractivity contribution >= 4 is 23.6 Å². The number of hydrazone groups is 1. The number of nitrogen functional groups attached to an aromatic ring is 1. The van der Waals surface area contributed by atoms with E-state index in [1.807, 2.05) is 0 Å². The van der Waals surface area contributed by atoms with E-state index in [-0.39, 0.29) is 34.6 Å². The van der Waals surface area contributed by atoms with Crippen LogP contribution in [0.2, 0.25) is 0 Å². The average molecular weight is 435 g/mol. The van der Waals surface area contributed by atoms with Crippen LogP contribution in [0.1, 0.15) is 23.3 Å². The van der Waals surface area contributed by atoms with Gasteiger partial charge in [-0.3, -0.25) is 14.9 Å². The fourth-order valence-electron chi connectivity index (χ4n) is 4.16. The number of amides is 1. The number of anilines is 1. The van der Waals surface area contributed by atoms with Gasteiger partial charge in [0.2, 0.25) is 11.6 Å². The lowest BCUT2D eigenvalue weighted by Gasteiger charge is -2.11. The zero-order valence-corrected chi connectivity index (χ0v) is 16.5. The van der Waals surface area contributed by atoms with Crippen molar-refractivity contribution in [2.45, 2.75) is 12.8 Å². The summed E-state index contributed by atoms with van der Waals surface area (Å²) in [6, 6.07) is 5.55. The summed E-state index contributed by atoms with van der Waals surface area (Å²) < 4.78 is 5.81. The Hall–Kier alpha value is -4.42. The lowest BCUT2D eigenvalue weighted by atomic mass is 9.95. The van der Waals surface area contributed by atoms with Gasteiger partial charge in [-0.15, -0.1) is 5.10 Å². The molecule has 3 atom stereocenters. The molecule has 1 fully saturated rings. The van der Waals surface area contributed by atoms with E-state index in [1.54, 1.807) is 6.21 Å². The van der Waals surface area contributed by atoms with Crippen LogP contribution in [0.25, 0.3) is 17.1 Å². The van der Waals surface area contributed by atoms with Crippen LogP contribution in [-0.2, 0) is 0 Å².